The highest BCUT2D eigenvalue weighted by Gasteiger charge is 2.13. The van der Waals surface area contributed by atoms with Gasteiger partial charge >= 0.3 is 0 Å². The fraction of sp³-hybridized carbons (Fsp3) is 0.278. The Bertz CT molecular complexity index is 811. The molecule has 26 heavy (non-hydrogen) atoms. The number of methoxy groups -OCH3 is 1. The Labute approximate surface area is 156 Å². The number of carbonyl (C=O) groups is 1. The minimum Gasteiger partial charge on any atom is -0.495 e. The summed E-state index contributed by atoms with van der Waals surface area (Å²) in [6.45, 7) is 2.28. The van der Waals surface area contributed by atoms with E-state index in [1.165, 1.54) is 13.2 Å². The number of rotatable bonds is 8. The molecule has 0 radical (unpaired) electrons. The van der Waals surface area contributed by atoms with Gasteiger partial charge in [-0.05, 0) is 31.0 Å². The summed E-state index contributed by atoms with van der Waals surface area (Å²) in [6, 6.07) is 9.81. The molecule has 0 saturated heterocycles. The van der Waals surface area contributed by atoms with Crippen molar-refractivity contribution in [3.63, 3.8) is 0 Å². The molecule has 138 valence electrons. The third-order valence-electron chi connectivity index (χ3n) is 3.75. The maximum absolute atomic E-state index is 12.1. The lowest BCUT2D eigenvalue weighted by Gasteiger charge is -2.12. The Morgan fingerprint density at radius 3 is 2.69 bits per heavy atom. The summed E-state index contributed by atoms with van der Waals surface area (Å²) in [4.78, 5) is 22.6. The van der Waals surface area contributed by atoms with Gasteiger partial charge in [0.1, 0.15) is 11.4 Å². The first-order valence-corrected chi connectivity index (χ1v) is 8.41. The van der Waals surface area contributed by atoms with Crippen LogP contribution in [0.25, 0.3) is 0 Å². The van der Waals surface area contributed by atoms with Crippen LogP contribution in [0, 0.1) is 17.0 Å². The second-order valence-electron chi connectivity index (χ2n) is 5.65. The van der Waals surface area contributed by atoms with E-state index < -0.39 is 4.92 Å². The first-order valence-electron chi connectivity index (χ1n) is 8.03. The van der Waals surface area contributed by atoms with Crippen LogP contribution in [-0.4, -0.2) is 24.5 Å². The predicted molar refractivity (Wildman–Crippen MR) is 102 cm³/mol. The molecule has 2 rings (SSSR count). The molecule has 2 aromatic rings. The molecule has 0 aromatic heterocycles. The van der Waals surface area contributed by atoms with Crippen molar-refractivity contribution in [2.24, 2.45) is 0 Å². The standard InChI is InChI=1S/C18H20ClN3O4/c1-12-10-15(17(26-2)11-13(12)19)21-18(23)8-5-9-20-14-6-3-4-7-16(14)22(24)25/h3-4,6-7,10-11,20H,5,8-9H2,1-2H3,(H,21,23). The number of hydrogen-bond acceptors (Lipinski definition) is 5. The molecule has 0 spiro atoms. The third kappa shape index (κ3) is 5.10. The Kier molecular flexibility index (Phi) is 6.80. The molecule has 7 nitrogen and oxygen atoms in total. The van der Waals surface area contributed by atoms with Gasteiger partial charge in [0, 0.05) is 30.1 Å². The number of ether oxygens (including phenoxy) is 1. The average molecular weight is 378 g/mol. The zero-order valence-corrected chi connectivity index (χ0v) is 15.3. The van der Waals surface area contributed by atoms with Crippen LogP contribution in [0.5, 0.6) is 5.75 Å². The second-order valence-corrected chi connectivity index (χ2v) is 6.06. The molecule has 0 bridgehead atoms. The van der Waals surface area contributed by atoms with Crippen molar-refractivity contribution in [3.8, 4) is 5.75 Å². The molecular weight excluding hydrogens is 358 g/mol. The Hall–Kier alpha value is -2.80. The van der Waals surface area contributed by atoms with Gasteiger partial charge in [0.15, 0.2) is 0 Å². The lowest BCUT2D eigenvalue weighted by atomic mass is 10.2. The molecule has 8 heteroatoms. The van der Waals surface area contributed by atoms with Crippen molar-refractivity contribution in [2.45, 2.75) is 19.8 Å². The van der Waals surface area contributed by atoms with Crippen molar-refractivity contribution in [2.75, 3.05) is 24.3 Å². The van der Waals surface area contributed by atoms with Crippen LogP contribution in [0.4, 0.5) is 17.1 Å². The number of benzene rings is 2. The number of hydrogen-bond donors (Lipinski definition) is 2. The molecule has 0 aliphatic carbocycles. The Morgan fingerprint density at radius 2 is 2.00 bits per heavy atom. The largest absolute Gasteiger partial charge is 0.495 e. The minimum absolute atomic E-state index is 0.0123. The van der Waals surface area contributed by atoms with Crippen LogP contribution >= 0.6 is 11.6 Å². The molecule has 2 N–H and O–H groups in total. The number of amides is 1. The topological polar surface area (TPSA) is 93.5 Å². The lowest BCUT2D eigenvalue weighted by molar-refractivity contribution is -0.384. The highest BCUT2D eigenvalue weighted by Crippen LogP contribution is 2.31. The van der Waals surface area contributed by atoms with E-state index in [2.05, 4.69) is 10.6 Å². The Balaban J connectivity index is 1.87. The fourth-order valence-electron chi connectivity index (χ4n) is 2.40. The number of nitro benzene ring substituents is 1. The first-order chi connectivity index (χ1) is 12.4. The number of nitro groups is 1. The van der Waals surface area contributed by atoms with Gasteiger partial charge in [-0.3, -0.25) is 14.9 Å². The van der Waals surface area contributed by atoms with Crippen molar-refractivity contribution in [3.05, 3.63) is 57.1 Å². The zero-order chi connectivity index (χ0) is 19.1. The summed E-state index contributed by atoms with van der Waals surface area (Å²) in [5.74, 6) is 0.321. The quantitative estimate of drug-likeness (QED) is 0.404. The highest BCUT2D eigenvalue weighted by molar-refractivity contribution is 6.31. The zero-order valence-electron chi connectivity index (χ0n) is 14.5. The fourth-order valence-corrected chi connectivity index (χ4v) is 2.55. The van der Waals surface area contributed by atoms with Gasteiger partial charge in [0.05, 0.1) is 17.7 Å². The van der Waals surface area contributed by atoms with Gasteiger partial charge in [-0.15, -0.1) is 0 Å². The lowest BCUT2D eigenvalue weighted by Crippen LogP contribution is -2.14. The number of nitrogens with one attached hydrogen (secondary N) is 2. The molecule has 0 fully saturated rings. The number of nitrogens with zero attached hydrogens (tertiary/aromatic N) is 1. The van der Waals surface area contributed by atoms with Crippen LogP contribution < -0.4 is 15.4 Å². The molecule has 0 heterocycles. The second kappa shape index (κ2) is 9.05. The van der Waals surface area contributed by atoms with E-state index in [9.17, 15) is 14.9 Å². The summed E-state index contributed by atoms with van der Waals surface area (Å²) in [7, 11) is 1.51. The van der Waals surface area contributed by atoms with E-state index in [0.29, 0.717) is 35.1 Å². The molecule has 0 aliphatic heterocycles. The van der Waals surface area contributed by atoms with Crippen LogP contribution in [0.1, 0.15) is 18.4 Å². The van der Waals surface area contributed by atoms with Gasteiger partial charge in [0.25, 0.3) is 5.69 Å². The summed E-state index contributed by atoms with van der Waals surface area (Å²) in [5, 5.41) is 17.3. The molecule has 1 amide bonds. The van der Waals surface area contributed by atoms with E-state index in [0.717, 1.165) is 5.56 Å². The molecule has 2 aromatic carbocycles. The van der Waals surface area contributed by atoms with E-state index in [-0.39, 0.29) is 18.0 Å². The van der Waals surface area contributed by atoms with Crippen molar-refractivity contribution >= 4 is 34.6 Å². The number of para-hydroxylation sites is 2. The van der Waals surface area contributed by atoms with Crippen molar-refractivity contribution < 1.29 is 14.5 Å². The summed E-state index contributed by atoms with van der Waals surface area (Å²) >= 11 is 6.05. The third-order valence-corrected chi connectivity index (χ3v) is 4.16. The maximum Gasteiger partial charge on any atom is 0.292 e. The van der Waals surface area contributed by atoms with Crippen LogP contribution in [0.2, 0.25) is 5.02 Å². The molecule has 0 unspecified atom stereocenters. The smallest absolute Gasteiger partial charge is 0.292 e. The van der Waals surface area contributed by atoms with Gasteiger partial charge in [0.2, 0.25) is 5.91 Å². The number of halogens is 1. The summed E-state index contributed by atoms with van der Waals surface area (Å²) < 4.78 is 5.23. The monoisotopic (exact) mass is 377 g/mol. The van der Waals surface area contributed by atoms with E-state index in [4.69, 9.17) is 16.3 Å². The van der Waals surface area contributed by atoms with E-state index in [1.54, 1.807) is 30.3 Å². The van der Waals surface area contributed by atoms with Crippen LogP contribution in [-0.2, 0) is 4.79 Å². The first kappa shape index (κ1) is 19.5. The highest BCUT2D eigenvalue weighted by atomic mass is 35.5. The van der Waals surface area contributed by atoms with Crippen LogP contribution in [0.15, 0.2) is 36.4 Å². The molecular formula is C18H20ClN3O4. The Morgan fingerprint density at radius 1 is 1.27 bits per heavy atom. The normalized spacial score (nSPS) is 10.3. The van der Waals surface area contributed by atoms with Gasteiger partial charge in [-0.2, -0.15) is 0 Å². The predicted octanol–water partition coefficient (Wildman–Crippen LogP) is 4.40. The van der Waals surface area contributed by atoms with Crippen molar-refractivity contribution in [1.29, 1.82) is 0 Å². The van der Waals surface area contributed by atoms with Crippen LogP contribution in [0.3, 0.4) is 0 Å². The van der Waals surface area contributed by atoms with E-state index >= 15 is 0 Å². The molecule has 0 saturated carbocycles. The summed E-state index contributed by atoms with van der Waals surface area (Å²) in [6.07, 6.45) is 0.783. The van der Waals surface area contributed by atoms with Gasteiger partial charge in [-0.25, -0.2) is 0 Å². The molecule has 0 atom stereocenters. The van der Waals surface area contributed by atoms with Crippen molar-refractivity contribution in [1.82, 2.24) is 0 Å². The summed E-state index contributed by atoms with van der Waals surface area (Å²) in [5.41, 5.74) is 1.85. The maximum atomic E-state index is 12.1. The number of anilines is 2. The molecule has 0 aliphatic rings. The minimum atomic E-state index is -0.440. The SMILES string of the molecule is COc1cc(Cl)c(C)cc1NC(=O)CCCNc1ccccc1[N+](=O)[O-]. The number of carbonyl (C=O) groups excluding carboxylic acids is 1. The number of aryl methyl sites for hydroxylation is 1. The van der Waals surface area contributed by atoms with E-state index in [1.807, 2.05) is 6.92 Å². The van der Waals surface area contributed by atoms with Gasteiger partial charge < -0.3 is 15.4 Å². The average Bonchev–Trinajstić information content (AvgIpc) is 2.61. The van der Waals surface area contributed by atoms with Gasteiger partial charge in [-0.1, -0.05) is 23.7 Å².